The highest BCUT2D eigenvalue weighted by Gasteiger charge is 2.09. The van der Waals surface area contributed by atoms with E-state index in [2.05, 4.69) is 10.1 Å². The number of esters is 1. The van der Waals surface area contributed by atoms with Gasteiger partial charge < -0.3 is 10.1 Å². The Kier molecular flexibility index (Phi) is 6.73. The summed E-state index contributed by atoms with van der Waals surface area (Å²) in [5.74, 6) is 0.384. The summed E-state index contributed by atoms with van der Waals surface area (Å²) in [5, 5.41) is 3.32. The molecule has 2 atom stereocenters. The van der Waals surface area contributed by atoms with Gasteiger partial charge in [-0.1, -0.05) is 24.3 Å². The number of hydrogen-bond donors (Lipinski definition) is 1. The van der Waals surface area contributed by atoms with Gasteiger partial charge in [-0.15, -0.1) is 0 Å². The summed E-state index contributed by atoms with van der Waals surface area (Å²) < 4.78 is 15.8. The molecule has 0 aromatic heterocycles. The van der Waals surface area contributed by atoms with Crippen molar-refractivity contribution in [3.63, 3.8) is 0 Å². The van der Waals surface area contributed by atoms with E-state index < -0.39 is 10.8 Å². The zero-order valence-corrected chi connectivity index (χ0v) is 12.5. The van der Waals surface area contributed by atoms with Gasteiger partial charge in [0.05, 0.1) is 13.5 Å². The lowest BCUT2D eigenvalue weighted by molar-refractivity contribution is -0.139. The maximum absolute atomic E-state index is 11.3. The topological polar surface area (TPSA) is 55.4 Å². The highest BCUT2D eigenvalue weighted by molar-refractivity contribution is 7.84. The second kappa shape index (κ2) is 8.07. The van der Waals surface area contributed by atoms with E-state index in [1.54, 1.807) is 6.26 Å². The minimum atomic E-state index is -0.806. The van der Waals surface area contributed by atoms with Crippen LogP contribution in [-0.2, 0) is 33.3 Å². The van der Waals surface area contributed by atoms with Gasteiger partial charge in [-0.05, 0) is 18.1 Å². The molecule has 1 aromatic rings. The van der Waals surface area contributed by atoms with E-state index in [1.807, 2.05) is 31.2 Å². The lowest BCUT2D eigenvalue weighted by Gasteiger charge is -2.14. The molecule has 1 aromatic carbocycles. The van der Waals surface area contributed by atoms with Crippen LogP contribution in [0.5, 0.6) is 0 Å². The lowest BCUT2D eigenvalue weighted by Crippen LogP contribution is -2.30. The van der Waals surface area contributed by atoms with E-state index >= 15 is 0 Å². The Balaban J connectivity index is 2.62. The molecule has 0 saturated heterocycles. The average molecular weight is 283 g/mol. The number of nitrogens with one attached hydrogen (secondary N) is 1. The molecule has 0 saturated carbocycles. The molecular formula is C14H21NO3S. The Morgan fingerprint density at radius 2 is 2.00 bits per heavy atom. The van der Waals surface area contributed by atoms with Gasteiger partial charge in [-0.2, -0.15) is 0 Å². The van der Waals surface area contributed by atoms with E-state index in [1.165, 1.54) is 7.11 Å². The van der Waals surface area contributed by atoms with Crippen molar-refractivity contribution in [2.45, 2.75) is 25.9 Å². The monoisotopic (exact) mass is 283 g/mol. The zero-order valence-electron chi connectivity index (χ0n) is 11.6. The molecule has 0 aliphatic heterocycles. The fourth-order valence-electron chi connectivity index (χ4n) is 1.83. The van der Waals surface area contributed by atoms with Crippen LogP contribution in [0.3, 0.4) is 0 Å². The molecule has 0 amide bonds. The molecule has 0 heterocycles. The van der Waals surface area contributed by atoms with Gasteiger partial charge in [0, 0.05) is 35.4 Å². The van der Waals surface area contributed by atoms with Gasteiger partial charge in [0.2, 0.25) is 0 Å². The van der Waals surface area contributed by atoms with Crippen LogP contribution >= 0.6 is 0 Å². The Hall–Kier alpha value is -1.20. The van der Waals surface area contributed by atoms with E-state index in [9.17, 15) is 9.00 Å². The van der Waals surface area contributed by atoms with Crippen LogP contribution in [0, 0.1) is 0 Å². The number of carbonyl (C=O) groups is 1. The van der Waals surface area contributed by atoms with Crippen molar-refractivity contribution in [1.29, 1.82) is 0 Å². The minimum Gasteiger partial charge on any atom is -0.469 e. The third-order valence-electron chi connectivity index (χ3n) is 2.81. The molecule has 106 valence electrons. The van der Waals surface area contributed by atoms with Crippen LogP contribution in [0.1, 0.15) is 18.1 Å². The molecule has 2 unspecified atom stereocenters. The van der Waals surface area contributed by atoms with E-state index in [-0.39, 0.29) is 18.4 Å². The van der Waals surface area contributed by atoms with Crippen LogP contribution in [0.25, 0.3) is 0 Å². The summed E-state index contributed by atoms with van der Waals surface area (Å²) in [5.41, 5.74) is 2.04. The minimum absolute atomic E-state index is 0.178. The molecule has 4 nitrogen and oxygen atoms in total. The van der Waals surface area contributed by atoms with Crippen LogP contribution in [0.4, 0.5) is 0 Å². The molecule has 1 rings (SSSR count). The molecule has 1 N–H and O–H groups in total. The van der Waals surface area contributed by atoms with Crippen molar-refractivity contribution in [3.8, 4) is 0 Å². The first-order valence-corrected chi connectivity index (χ1v) is 7.92. The van der Waals surface area contributed by atoms with E-state index in [4.69, 9.17) is 0 Å². The van der Waals surface area contributed by atoms with Crippen LogP contribution in [0.15, 0.2) is 24.3 Å². The van der Waals surface area contributed by atoms with Crippen molar-refractivity contribution >= 4 is 16.8 Å². The number of hydrogen-bond acceptors (Lipinski definition) is 4. The molecule has 0 fully saturated rings. The predicted octanol–water partition coefficient (Wildman–Crippen LogP) is 1.26. The molecule has 0 aliphatic carbocycles. The van der Waals surface area contributed by atoms with Crippen molar-refractivity contribution in [1.82, 2.24) is 5.32 Å². The summed E-state index contributed by atoms with van der Waals surface area (Å²) in [6.45, 7) is 2.66. The fourth-order valence-corrected chi connectivity index (χ4v) is 2.65. The largest absolute Gasteiger partial charge is 0.469 e. The summed E-state index contributed by atoms with van der Waals surface area (Å²) in [6.07, 6.45) is 1.98. The zero-order chi connectivity index (χ0) is 14.3. The first-order valence-electron chi connectivity index (χ1n) is 6.20. The molecule has 0 bridgehead atoms. The van der Waals surface area contributed by atoms with Crippen LogP contribution in [-0.4, -0.2) is 35.3 Å². The van der Waals surface area contributed by atoms with Gasteiger partial charge >= 0.3 is 5.97 Å². The van der Waals surface area contributed by atoms with Gasteiger partial charge in [0.15, 0.2) is 0 Å². The predicted molar refractivity (Wildman–Crippen MR) is 77.4 cm³/mol. The number of ether oxygens (including phenoxy) is 1. The van der Waals surface area contributed by atoms with Crippen LogP contribution < -0.4 is 5.32 Å². The smallest absolute Gasteiger partial charge is 0.309 e. The van der Waals surface area contributed by atoms with Crippen molar-refractivity contribution < 1.29 is 13.7 Å². The summed E-state index contributed by atoms with van der Waals surface area (Å²) in [4.78, 5) is 11.3. The maximum atomic E-state index is 11.3. The molecule has 5 heteroatoms. The molecular weight excluding hydrogens is 262 g/mol. The van der Waals surface area contributed by atoms with Gasteiger partial charge in [0.25, 0.3) is 0 Å². The summed E-state index contributed by atoms with van der Waals surface area (Å²) in [6, 6.07) is 7.95. The highest BCUT2D eigenvalue weighted by atomic mass is 32.2. The van der Waals surface area contributed by atoms with Gasteiger partial charge in [-0.3, -0.25) is 9.00 Å². The lowest BCUT2D eigenvalue weighted by atomic mass is 10.0. The van der Waals surface area contributed by atoms with E-state index in [0.717, 1.165) is 11.1 Å². The van der Waals surface area contributed by atoms with Gasteiger partial charge in [-0.25, -0.2) is 0 Å². The Bertz CT molecular complexity index is 448. The average Bonchev–Trinajstić information content (AvgIpc) is 2.36. The standard InChI is InChI=1S/C14H21NO3S/c1-11(10-19(3)17)15-9-13-7-5-4-6-12(13)8-14(16)18-2/h4-7,11,15H,8-10H2,1-3H3. The number of methoxy groups -OCH3 is 1. The molecule has 19 heavy (non-hydrogen) atoms. The molecule has 0 spiro atoms. The van der Waals surface area contributed by atoms with Crippen molar-refractivity contribution in [2.24, 2.45) is 0 Å². The Labute approximate surface area is 117 Å². The Morgan fingerprint density at radius 3 is 2.58 bits per heavy atom. The molecule has 0 radical (unpaired) electrons. The number of benzene rings is 1. The first-order chi connectivity index (χ1) is 9.02. The normalized spacial score (nSPS) is 13.8. The third-order valence-corrected chi connectivity index (χ3v) is 3.78. The quantitative estimate of drug-likeness (QED) is 0.765. The third kappa shape index (κ3) is 5.98. The summed E-state index contributed by atoms with van der Waals surface area (Å²) >= 11 is 0. The maximum Gasteiger partial charge on any atom is 0.309 e. The SMILES string of the molecule is COC(=O)Cc1ccccc1CNC(C)CS(C)=O. The number of carbonyl (C=O) groups excluding carboxylic acids is 1. The molecule has 0 aliphatic rings. The fraction of sp³-hybridized carbons (Fsp3) is 0.500. The second-order valence-corrected chi connectivity index (χ2v) is 6.02. The van der Waals surface area contributed by atoms with Gasteiger partial charge in [0.1, 0.15) is 0 Å². The van der Waals surface area contributed by atoms with Crippen molar-refractivity contribution in [3.05, 3.63) is 35.4 Å². The van der Waals surface area contributed by atoms with E-state index in [0.29, 0.717) is 12.3 Å². The summed E-state index contributed by atoms with van der Waals surface area (Å²) in [7, 11) is 0.585. The second-order valence-electron chi connectivity index (χ2n) is 4.54. The Morgan fingerprint density at radius 1 is 1.37 bits per heavy atom. The van der Waals surface area contributed by atoms with Crippen LogP contribution in [0.2, 0.25) is 0 Å². The van der Waals surface area contributed by atoms with Crippen molar-refractivity contribution in [2.75, 3.05) is 19.1 Å². The highest BCUT2D eigenvalue weighted by Crippen LogP contribution is 2.10. The first kappa shape index (κ1) is 15.9. The number of rotatable bonds is 7.